The van der Waals surface area contributed by atoms with Gasteiger partial charge in [0, 0.05) is 16.1 Å². The lowest BCUT2D eigenvalue weighted by molar-refractivity contribution is 0.304. The number of rotatable bonds is 5. The van der Waals surface area contributed by atoms with Gasteiger partial charge in [-0.05, 0) is 33.4 Å². The largest absolute Gasteiger partial charge is 0.497 e. The van der Waals surface area contributed by atoms with Gasteiger partial charge in [0.1, 0.15) is 18.1 Å². The summed E-state index contributed by atoms with van der Waals surface area (Å²) in [6.07, 6.45) is 0. The van der Waals surface area contributed by atoms with Crippen molar-refractivity contribution in [1.29, 1.82) is 0 Å². The van der Waals surface area contributed by atoms with Crippen molar-refractivity contribution in [2.45, 2.75) is 12.5 Å². The van der Waals surface area contributed by atoms with Gasteiger partial charge in [0.05, 0.1) is 17.9 Å². The van der Waals surface area contributed by atoms with E-state index in [-0.39, 0.29) is 0 Å². The molecule has 0 N–H and O–H groups in total. The van der Waals surface area contributed by atoms with E-state index in [2.05, 4.69) is 15.9 Å². The molecule has 0 saturated heterocycles. The van der Waals surface area contributed by atoms with Crippen LogP contribution in [0, 0.1) is 0 Å². The molecule has 0 atom stereocenters. The molecule has 1 heterocycles. The third-order valence-corrected chi connectivity index (χ3v) is 4.66. The molecule has 2 nitrogen and oxygen atoms in total. The average molecular weight is 348 g/mol. The molecule has 0 radical (unpaired) electrons. The lowest BCUT2D eigenvalue weighted by atomic mass is 10.2. The molecule has 0 unspecified atom stereocenters. The summed E-state index contributed by atoms with van der Waals surface area (Å²) >= 11 is 11.0. The molecule has 0 aliphatic rings. The molecule has 1 aromatic carbocycles. The van der Waals surface area contributed by atoms with Crippen LogP contribution in [-0.2, 0) is 12.5 Å². The second kappa shape index (κ2) is 6.45. The zero-order valence-electron chi connectivity index (χ0n) is 9.78. The second-order valence-corrected chi connectivity index (χ2v) is 5.71. The minimum atomic E-state index is 0.422. The van der Waals surface area contributed by atoms with Gasteiger partial charge >= 0.3 is 0 Å². The fourth-order valence-electron chi connectivity index (χ4n) is 1.48. The summed E-state index contributed by atoms with van der Waals surface area (Å²) in [5.74, 6) is 1.96. The molecule has 2 rings (SSSR count). The zero-order chi connectivity index (χ0) is 13.0. The van der Waals surface area contributed by atoms with Crippen LogP contribution in [0.4, 0.5) is 0 Å². The second-order valence-electron chi connectivity index (χ2n) is 3.59. The summed E-state index contributed by atoms with van der Waals surface area (Å²) in [6.45, 7) is 0.523. The summed E-state index contributed by atoms with van der Waals surface area (Å²) in [6, 6.07) is 7.67. The van der Waals surface area contributed by atoms with Crippen molar-refractivity contribution >= 4 is 38.9 Å². The predicted molar refractivity (Wildman–Crippen MR) is 78.9 cm³/mol. The summed E-state index contributed by atoms with van der Waals surface area (Å²) in [7, 11) is 1.63. The van der Waals surface area contributed by atoms with Crippen molar-refractivity contribution in [2.24, 2.45) is 0 Å². The van der Waals surface area contributed by atoms with Crippen molar-refractivity contribution < 1.29 is 9.47 Å². The fourth-order valence-corrected chi connectivity index (χ4v) is 3.08. The van der Waals surface area contributed by atoms with Gasteiger partial charge in [0.25, 0.3) is 0 Å². The third kappa shape index (κ3) is 3.19. The molecule has 0 amide bonds. The molecule has 0 fully saturated rings. The Morgan fingerprint density at radius 1 is 1.33 bits per heavy atom. The van der Waals surface area contributed by atoms with Gasteiger partial charge in [-0.1, -0.05) is 6.07 Å². The van der Waals surface area contributed by atoms with Gasteiger partial charge in [-0.2, -0.15) is 0 Å². The first kappa shape index (κ1) is 13.7. The van der Waals surface area contributed by atoms with Gasteiger partial charge in [-0.3, -0.25) is 0 Å². The van der Waals surface area contributed by atoms with Gasteiger partial charge in [-0.15, -0.1) is 22.9 Å². The Kier molecular flexibility index (Phi) is 4.92. The molecule has 18 heavy (non-hydrogen) atoms. The normalized spacial score (nSPS) is 10.4. The maximum Gasteiger partial charge on any atom is 0.127 e. The number of benzene rings is 1. The molecule has 96 valence electrons. The van der Waals surface area contributed by atoms with Gasteiger partial charge in [0.2, 0.25) is 0 Å². The molecule has 0 saturated carbocycles. The van der Waals surface area contributed by atoms with E-state index < -0.39 is 0 Å². The number of halogens is 2. The van der Waals surface area contributed by atoms with Crippen LogP contribution >= 0.6 is 38.9 Å². The standard InChI is InChI=1S/C13H12BrClO2S/c1-16-10-3-2-9(7-15)12(6-10)17-8-13-11(14)4-5-18-13/h2-6H,7-8H2,1H3. The van der Waals surface area contributed by atoms with Crippen molar-refractivity contribution in [2.75, 3.05) is 7.11 Å². The topological polar surface area (TPSA) is 18.5 Å². The Balaban J connectivity index is 2.14. The van der Waals surface area contributed by atoms with Crippen LogP contribution in [0.25, 0.3) is 0 Å². The van der Waals surface area contributed by atoms with Crippen LogP contribution in [0.2, 0.25) is 0 Å². The molecule has 2 aromatic rings. The molecular formula is C13H12BrClO2S. The van der Waals surface area contributed by atoms with E-state index in [0.29, 0.717) is 12.5 Å². The van der Waals surface area contributed by atoms with E-state index in [1.165, 1.54) is 0 Å². The van der Waals surface area contributed by atoms with E-state index in [9.17, 15) is 0 Å². The summed E-state index contributed by atoms with van der Waals surface area (Å²) in [4.78, 5) is 1.15. The number of thiophene rings is 1. The number of hydrogen-bond donors (Lipinski definition) is 0. The number of alkyl halides is 1. The first-order valence-corrected chi connectivity index (χ1v) is 7.53. The SMILES string of the molecule is COc1ccc(CCl)c(OCc2sccc2Br)c1. The molecule has 1 aromatic heterocycles. The monoisotopic (exact) mass is 346 g/mol. The smallest absolute Gasteiger partial charge is 0.127 e. The van der Waals surface area contributed by atoms with E-state index in [0.717, 1.165) is 26.4 Å². The summed E-state index contributed by atoms with van der Waals surface area (Å²) in [5.41, 5.74) is 0.963. The molecule has 5 heteroatoms. The highest BCUT2D eigenvalue weighted by molar-refractivity contribution is 9.10. The molecule has 0 aliphatic heterocycles. The highest BCUT2D eigenvalue weighted by Gasteiger charge is 2.07. The van der Waals surface area contributed by atoms with Crippen LogP contribution in [0.5, 0.6) is 11.5 Å². The fraction of sp³-hybridized carbons (Fsp3) is 0.231. The van der Waals surface area contributed by atoms with Crippen LogP contribution in [0.15, 0.2) is 34.1 Å². The molecule has 0 aliphatic carbocycles. The Labute approximate surface area is 124 Å². The van der Waals surface area contributed by atoms with Crippen LogP contribution in [0.1, 0.15) is 10.4 Å². The Hall–Kier alpha value is -0.710. The first-order valence-electron chi connectivity index (χ1n) is 5.32. The Bertz CT molecular complexity index is 527. The molecule has 0 spiro atoms. The third-order valence-electron chi connectivity index (χ3n) is 2.47. The van der Waals surface area contributed by atoms with Crippen molar-refractivity contribution in [3.63, 3.8) is 0 Å². The number of methoxy groups -OCH3 is 1. The maximum absolute atomic E-state index is 5.89. The van der Waals surface area contributed by atoms with Crippen LogP contribution < -0.4 is 9.47 Å². The number of hydrogen-bond acceptors (Lipinski definition) is 3. The van der Waals surface area contributed by atoms with E-state index in [1.807, 2.05) is 29.6 Å². The minimum absolute atomic E-state index is 0.422. The Morgan fingerprint density at radius 3 is 2.78 bits per heavy atom. The maximum atomic E-state index is 5.89. The summed E-state index contributed by atoms with van der Waals surface area (Å²) < 4.78 is 12.1. The van der Waals surface area contributed by atoms with Crippen LogP contribution in [-0.4, -0.2) is 7.11 Å². The number of ether oxygens (including phenoxy) is 2. The lowest BCUT2D eigenvalue weighted by Gasteiger charge is -2.11. The minimum Gasteiger partial charge on any atom is -0.497 e. The lowest BCUT2D eigenvalue weighted by Crippen LogP contribution is -1.97. The van der Waals surface area contributed by atoms with E-state index >= 15 is 0 Å². The summed E-state index contributed by atoms with van der Waals surface area (Å²) in [5, 5.41) is 2.02. The zero-order valence-corrected chi connectivity index (χ0v) is 12.9. The van der Waals surface area contributed by atoms with E-state index in [1.54, 1.807) is 18.4 Å². The van der Waals surface area contributed by atoms with Gasteiger partial charge in [0.15, 0.2) is 0 Å². The van der Waals surface area contributed by atoms with E-state index in [4.69, 9.17) is 21.1 Å². The Morgan fingerprint density at radius 2 is 2.17 bits per heavy atom. The van der Waals surface area contributed by atoms with Crippen molar-refractivity contribution in [3.05, 3.63) is 44.6 Å². The van der Waals surface area contributed by atoms with Crippen LogP contribution in [0.3, 0.4) is 0 Å². The first-order chi connectivity index (χ1) is 8.74. The molecule has 0 bridgehead atoms. The predicted octanol–water partition coefficient (Wildman–Crippen LogP) is 4.84. The molecular weight excluding hydrogens is 336 g/mol. The highest BCUT2D eigenvalue weighted by atomic mass is 79.9. The van der Waals surface area contributed by atoms with Gasteiger partial charge < -0.3 is 9.47 Å². The highest BCUT2D eigenvalue weighted by Crippen LogP contribution is 2.29. The quantitative estimate of drug-likeness (QED) is 0.721. The van der Waals surface area contributed by atoms with Gasteiger partial charge in [-0.25, -0.2) is 0 Å². The van der Waals surface area contributed by atoms with Crippen molar-refractivity contribution in [1.82, 2.24) is 0 Å². The average Bonchev–Trinajstić information content (AvgIpc) is 2.81. The van der Waals surface area contributed by atoms with Crippen molar-refractivity contribution in [3.8, 4) is 11.5 Å².